The Bertz CT molecular complexity index is 1120. The number of ether oxygens (including phenoxy) is 1. The predicted molar refractivity (Wildman–Crippen MR) is 132 cm³/mol. The maximum atomic E-state index is 12.4. The zero-order chi connectivity index (χ0) is 24.7. The molecule has 2 N–H and O–H groups in total. The van der Waals surface area contributed by atoms with Gasteiger partial charge in [0.15, 0.2) is 0 Å². The molecule has 4 rings (SSSR count). The Labute approximate surface area is 202 Å². The van der Waals surface area contributed by atoms with Crippen LogP contribution in [0.3, 0.4) is 0 Å². The number of pyridine rings is 1. The number of nitrogens with two attached hydrogens (primary N) is 1. The first kappa shape index (κ1) is 24.7. The number of likely N-dealkylation sites (tertiary alicyclic amines) is 1. The lowest BCUT2D eigenvalue weighted by Crippen LogP contribution is -2.47. The zero-order valence-electron chi connectivity index (χ0n) is 20.5. The second-order valence-corrected chi connectivity index (χ2v) is 12.1. The van der Waals surface area contributed by atoms with Gasteiger partial charge in [-0.05, 0) is 37.8 Å². The molecule has 2 amide bonds. The van der Waals surface area contributed by atoms with Gasteiger partial charge in [-0.3, -0.25) is 4.98 Å². The van der Waals surface area contributed by atoms with Crippen LogP contribution in [-0.2, 0) is 16.4 Å². The fourth-order valence-electron chi connectivity index (χ4n) is 4.96. The van der Waals surface area contributed by atoms with Crippen LogP contribution >= 0.6 is 0 Å². The number of aliphatic imine (C=N–C) groups is 1. The standard InChI is InChI=1S/C24H35N5O4S/c1-16(2)22(25)27-23(30)28-9-7-19(8-10-28)24(3)14-18-13-20(26-15-21(18)33-24)17-5-11-29(12-6-17)34(4,31)32/h5,13,15-16,19H,6-12,14H2,1-4H3,(H2,25,27,30)/t24-/m0/s1. The summed E-state index contributed by atoms with van der Waals surface area (Å²) in [6, 6.07) is 1.83. The largest absolute Gasteiger partial charge is 0.485 e. The molecule has 0 radical (unpaired) electrons. The molecular formula is C24H35N5O4S. The summed E-state index contributed by atoms with van der Waals surface area (Å²) < 4.78 is 31.4. The summed E-state index contributed by atoms with van der Waals surface area (Å²) in [6.07, 6.45) is 8.12. The van der Waals surface area contributed by atoms with Crippen molar-refractivity contribution in [1.82, 2.24) is 14.2 Å². The first-order valence-corrected chi connectivity index (χ1v) is 13.8. The Hall–Kier alpha value is -2.46. The van der Waals surface area contributed by atoms with Gasteiger partial charge in [-0.1, -0.05) is 19.9 Å². The molecule has 0 unspecified atom stereocenters. The third-order valence-electron chi connectivity index (χ3n) is 7.25. The number of carbonyl (C=O) groups is 1. The summed E-state index contributed by atoms with van der Waals surface area (Å²) in [5.41, 5.74) is 8.61. The average Bonchev–Trinajstić information content (AvgIpc) is 3.15. The lowest BCUT2D eigenvalue weighted by molar-refractivity contribution is 0.0178. The number of carbonyl (C=O) groups excluding carboxylic acids is 1. The number of rotatable bonds is 4. The van der Waals surface area contributed by atoms with Crippen LogP contribution in [0.25, 0.3) is 5.57 Å². The van der Waals surface area contributed by atoms with Crippen LogP contribution in [0.5, 0.6) is 5.75 Å². The van der Waals surface area contributed by atoms with Crippen molar-refractivity contribution < 1.29 is 17.9 Å². The molecule has 3 aliphatic heterocycles. The summed E-state index contributed by atoms with van der Waals surface area (Å²) in [4.78, 5) is 22.9. The van der Waals surface area contributed by atoms with Crippen LogP contribution in [0, 0.1) is 11.8 Å². The van der Waals surface area contributed by atoms with Gasteiger partial charge in [-0.2, -0.15) is 9.30 Å². The van der Waals surface area contributed by atoms with E-state index < -0.39 is 10.0 Å². The Morgan fingerprint density at radius 3 is 2.59 bits per heavy atom. The second-order valence-electron chi connectivity index (χ2n) is 10.1. The Balaban J connectivity index is 1.39. The highest BCUT2D eigenvalue weighted by atomic mass is 32.2. The molecule has 1 atom stereocenters. The van der Waals surface area contributed by atoms with Crippen molar-refractivity contribution in [1.29, 1.82) is 0 Å². The number of nitrogens with zero attached hydrogens (tertiary/aromatic N) is 4. The molecular weight excluding hydrogens is 454 g/mol. The molecule has 9 nitrogen and oxygen atoms in total. The van der Waals surface area contributed by atoms with Gasteiger partial charge in [0.05, 0.1) is 18.1 Å². The molecule has 0 saturated carbocycles. The summed E-state index contributed by atoms with van der Waals surface area (Å²) >= 11 is 0. The Kier molecular flexibility index (Phi) is 6.74. The quantitative estimate of drug-likeness (QED) is 0.513. The molecule has 10 heteroatoms. The maximum Gasteiger partial charge on any atom is 0.345 e. The van der Waals surface area contributed by atoms with E-state index in [4.69, 9.17) is 10.5 Å². The van der Waals surface area contributed by atoms with Crippen molar-refractivity contribution in [3.8, 4) is 5.75 Å². The zero-order valence-corrected chi connectivity index (χ0v) is 21.3. The van der Waals surface area contributed by atoms with E-state index in [2.05, 4.69) is 23.0 Å². The molecule has 186 valence electrons. The molecule has 3 aliphatic rings. The normalized spacial score (nSPS) is 24.7. The molecule has 1 fully saturated rings. The van der Waals surface area contributed by atoms with E-state index in [9.17, 15) is 13.2 Å². The molecule has 0 spiro atoms. The summed E-state index contributed by atoms with van der Waals surface area (Å²) in [5, 5.41) is 0. The van der Waals surface area contributed by atoms with Crippen molar-refractivity contribution in [2.24, 2.45) is 22.6 Å². The first-order valence-electron chi connectivity index (χ1n) is 11.9. The topological polar surface area (TPSA) is 118 Å². The fourth-order valence-corrected chi connectivity index (χ4v) is 5.73. The molecule has 4 heterocycles. The van der Waals surface area contributed by atoms with E-state index in [1.54, 1.807) is 11.1 Å². The average molecular weight is 490 g/mol. The summed E-state index contributed by atoms with van der Waals surface area (Å²) in [7, 11) is -3.18. The van der Waals surface area contributed by atoms with Gasteiger partial charge >= 0.3 is 6.03 Å². The minimum Gasteiger partial charge on any atom is -0.485 e. The molecule has 0 bridgehead atoms. The van der Waals surface area contributed by atoms with Crippen LogP contribution in [-0.4, -0.2) is 72.5 Å². The van der Waals surface area contributed by atoms with Gasteiger partial charge in [0.2, 0.25) is 10.0 Å². The number of sulfonamides is 1. The molecule has 1 saturated heterocycles. The predicted octanol–water partition coefficient (Wildman–Crippen LogP) is 2.67. The van der Waals surface area contributed by atoms with Crippen LogP contribution < -0.4 is 10.5 Å². The Morgan fingerprint density at radius 2 is 2.00 bits per heavy atom. The van der Waals surface area contributed by atoms with Crippen molar-refractivity contribution in [2.75, 3.05) is 32.4 Å². The number of fused-ring (bicyclic) bond motifs is 1. The number of urea groups is 1. The third kappa shape index (κ3) is 5.12. The van der Waals surface area contributed by atoms with E-state index in [1.165, 1.54) is 10.6 Å². The highest BCUT2D eigenvalue weighted by molar-refractivity contribution is 7.88. The molecule has 1 aromatic rings. The van der Waals surface area contributed by atoms with E-state index in [0.29, 0.717) is 44.4 Å². The van der Waals surface area contributed by atoms with Crippen molar-refractivity contribution in [3.63, 3.8) is 0 Å². The van der Waals surface area contributed by atoms with Gasteiger partial charge in [0, 0.05) is 50.0 Å². The van der Waals surface area contributed by atoms with Gasteiger partial charge in [-0.15, -0.1) is 0 Å². The monoisotopic (exact) mass is 489 g/mol. The van der Waals surface area contributed by atoms with Crippen LogP contribution in [0.1, 0.15) is 51.3 Å². The van der Waals surface area contributed by atoms with E-state index in [-0.39, 0.29) is 17.6 Å². The van der Waals surface area contributed by atoms with Crippen molar-refractivity contribution in [3.05, 3.63) is 29.6 Å². The molecule has 0 aromatic carbocycles. The first-order chi connectivity index (χ1) is 16.0. The number of aromatic nitrogens is 1. The van der Waals surface area contributed by atoms with Crippen LogP contribution in [0.4, 0.5) is 4.79 Å². The van der Waals surface area contributed by atoms with E-state index in [0.717, 1.165) is 41.8 Å². The maximum absolute atomic E-state index is 12.4. The number of hydrogen-bond donors (Lipinski definition) is 1. The highest BCUT2D eigenvalue weighted by Gasteiger charge is 2.44. The fraction of sp³-hybridized carbons (Fsp3) is 0.625. The number of amides is 2. The lowest BCUT2D eigenvalue weighted by Gasteiger charge is -2.39. The minimum absolute atomic E-state index is 0.0484. The number of amidine groups is 1. The number of piperidine rings is 1. The Morgan fingerprint density at radius 1 is 1.29 bits per heavy atom. The molecule has 1 aromatic heterocycles. The minimum atomic E-state index is -3.18. The number of hydrogen-bond acceptors (Lipinski definition) is 5. The smallest absolute Gasteiger partial charge is 0.345 e. The van der Waals surface area contributed by atoms with Gasteiger partial charge in [0.1, 0.15) is 17.2 Å². The summed E-state index contributed by atoms with van der Waals surface area (Å²) in [6.45, 7) is 8.12. The second kappa shape index (κ2) is 9.30. The van der Waals surface area contributed by atoms with E-state index >= 15 is 0 Å². The highest BCUT2D eigenvalue weighted by Crippen LogP contribution is 2.43. The SMILES string of the molecule is CC(C)/C(N)=N/C(=O)N1CCC([C@]2(C)Cc3cc(C4=CCN(S(C)(=O)=O)CC4)ncc3O2)CC1. The third-order valence-corrected chi connectivity index (χ3v) is 8.52. The van der Waals surface area contributed by atoms with Crippen LogP contribution in [0.2, 0.25) is 0 Å². The molecule has 0 aliphatic carbocycles. The lowest BCUT2D eigenvalue weighted by atomic mass is 9.79. The van der Waals surface area contributed by atoms with Crippen molar-refractivity contribution in [2.45, 2.75) is 52.1 Å². The van der Waals surface area contributed by atoms with Crippen LogP contribution in [0.15, 0.2) is 23.3 Å². The summed E-state index contributed by atoms with van der Waals surface area (Å²) in [5.74, 6) is 1.55. The van der Waals surface area contributed by atoms with Gasteiger partial charge in [0.25, 0.3) is 0 Å². The van der Waals surface area contributed by atoms with Gasteiger partial charge < -0.3 is 15.4 Å². The van der Waals surface area contributed by atoms with Gasteiger partial charge in [-0.25, -0.2) is 13.2 Å². The van der Waals surface area contributed by atoms with Crippen molar-refractivity contribution >= 4 is 27.5 Å². The van der Waals surface area contributed by atoms with E-state index in [1.807, 2.05) is 19.9 Å². The molecule has 34 heavy (non-hydrogen) atoms.